The maximum absolute atomic E-state index is 14.0. The van der Waals surface area contributed by atoms with E-state index in [1.807, 2.05) is 9.80 Å². The van der Waals surface area contributed by atoms with Gasteiger partial charge in [0.25, 0.3) is 5.91 Å². The monoisotopic (exact) mass is 1190 g/mol. The molecule has 1 fully saturated rings. The number of sulfonamides is 1. The van der Waals surface area contributed by atoms with Crippen LogP contribution in [-0.2, 0) is 66.6 Å². The Bertz CT molecular complexity index is 2910. The number of fused-ring (bicyclic) bond motifs is 1. The van der Waals surface area contributed by atoms with Crippen LogP contribution in [-0.4, -0.2) is 235 Å². The van der Waals surface area contributed by atoms with Gasteiger partial charge in [-0.1, -0.05) is 23.8 Å². The topological polar surface area (TPSA) is 370 Å². The smallest absolute Gasteiger partial charge is 0.323 e. The number of hydrogen-bond acceptors (Lipinski definition) is 22. The first-order chi connectivity index (χ1) is 39.0. The van der Waals surface area contributed by atoms with Gasteiger partial charge in [-0.25, -0.2) is 33.0 Å². The van der Waals surface area contributed by atoms with Gasteiger partial charge >= 0.3 is 11.9 Å². The lowest BCUT2D eigenvalue weighted by Gasteiger charge is -2.34. The van der Waals surface area contributed by atoms with Gasteiger partial charge in [-0.15, -0.1) is 0 Å². The molecule has 1 saturated heterocycles. The van der Waals surface area contributed by atoms with E-state index in [0.717, 1.165) is 5.56 Å². The van der Waals surface area contributed by atoms with Crippen molar-refractivity contribution in [2.75, 3.05) is 137 Å². The van der Waals surface area contributed by atoms with E-state index in [0.29, 0.717) is 93.7 Å². The molecule has 2 aromatic carbocycles. The van der Waals surface area contributed by atoms with Crippen molar-refractivity contribution in [3.8, 4) is 0 Å². The molecule has 82 heavy (non-hydrogen) atoms. The van der Waals surface area contributed by atoms with Crippen molar-refractivity contribution in [1.82, 2.24) is 54.8 Å². The normalized spacial score (nSPS) is 15.7. The highest BCUT2D eigenvalue weighted by Crippen LogP contribution is 2.33. The first-order valence-corrected chi connectivity index (χ1v) is 29.5. The summed E-state index contributed by atoms with van der Waals surface area (Å²) in [7, 11) is -4.61. The molecule has 0 bridgehead atoms. The van der Waals surface area contributed by atoms with Crippen LogP contribution < -0.4 is 31.4 Å². The minimum atomic E-state index is -4.40. The predicted molar refractivity (Wildman–Crippen MR) is 302 cm³/mol. The van der Waals surface area contributed by atoms with Gasteiger partial charge in [0.15, 0.2) is 5.95 Å². The molecule has 0 spiro atoms. The fourth-order valence-corrected chi connectivity index (χ4v) is 11.6. The lowest BCUT2D eigenvalue weighted by molar-refractivity contribution is -0.274. The van der Waals surface area contributed by atoms with E-state index < -0.39 is 85.9 Å². The van der Waals surface area contributed by atoms with Crippen molar-refractivity contribution < 1.29 is 75.4 Å². The van der Waals surface area contributed by atoms with Crippen molar-refractivity contribution in [2.24, 2.45) is 0 Å². The number of pyridine rings is 1. The Hall–Kier alpha value is -6.17. The van der Waals surface area contributed by atoms with Crippen molar-refractivity contribution in [1.29, 1.82) is 0 Å². The van der Waals surface area contributed by atoms with Gasteiger partial charge < -0.3 is 54.3 Å². The van der Waals surface area contributed by atoms with Gasteiger partial charge in [0.2, 0.25) is 27.3 Å². The predicted octanol–water partition coefficient (Wildman–Crippen LogP) is 0.189. The van der Waals surface area contributed by atoms with E-state index in [1.54, 1.807) is 62.0 Å². The van der Waals surface area contributed by atoms with Gasteiger partial charge in [0.05, 0.1) is 74.7 Å². The first kappa shape index (κ1) is 66.6. The fourth-order valence-electron chi connectivity index (χ4n) is 9.27. The number of carbonyl (C=O) groups is 5. The minimum absolute atomic E-state index is 0.0195. The number of aliphatic carboxylic acids is 1. The van der Waals surface area contributed by atoms with Gasteiger partial charge in [-0.3, -0.25) is 48.4 Å². The summed E-state index contributed by atoms with van der Waals surface area (Å²) in [6.07, 6.45) is 4.59. The average Bonchev–Trinajstić information content (AvgIpc) is 3.99. The van der Waals surface area contributed by atoms with Crippen LogP contribution >= 0.6 is 10.9 Å². The molecule has 3 amide bonds. The number of esters is 1. The Morgan fingerprint density at radius 1 is 0.780 bits per heavy atom. The second-order valence-corrected chi connectivity index (χ2v) is 22.8. The van der Waals surface area contributed by atoms with E-state index >= 15 is 0 Å². The molecule has 29 nitrogen and oxygen atoms in total. The largest absolute Gasteiger partial charge is 0.480 e. The van der Waals surface area contributed by atoms with E-state index in [4.69, 9.17) is 24.3 Å². The molecule has 0 radical (unpaired) electrons. The number of aromatic amines is 1. The third kappa shape index (κ3) is 21.5. The van der Waals surface area contributed by atoms with Gasteiger partial charge in [-0.05, 0) is 56.0 Å². The zero-order chi connectivity index (χ0) is 60.0. The van der Waals surface area contributed by atoms with Crippen LogP contribution in [0.4, 0.5) is 5.95 Å². The number of aromatic nitrogens is 3. The maximum Gasteiger partial charge on any atom is 0.323 e. The second-order valence-electron chi connectivity index (χ2n) is 19.5. The number of benzene rings is 2. The Morgan fingerprint density at radius 2 is 1.38 bits per heavy atom. The molecule has 0 aliphatic carbocycles. The lowest BCUT2D eigenvalue weighted by Crippen LogP contribution is -2.53. The molecule has 2 aromatic heterocycles. The number of amides is 3. The van der Waals surface area contributed by atoms with E-state index in [9.17, 15) is 55.9 Å². The quantitative estimate of drug-likeness (QED) is 0.0144. The number of methoxy groups -OCH3 is 1. The molecular weight excluding hydrogens is 1120 g/mol. The molecular formula is C51H78N12O17S2. The maximum atomic E-state index is 14.0. The molecule has 1 aliphatic heterocycles. The van der Waals surface area contributed by atoms with Crippen molar-refractivity contribution in [3.63, 3.8) is 0 Å². The van der Waals surface area contributed by atoms with Gasteiger partial charge in [-0.2, -0.15) is 4.72 Å². The number of carbonyl (C=O) groups excluding carboxylic acids is 4. The number of carboxylic acids is 1. The number of imidazole rings is 1. The minimum Gasteiger partial charge on any atom is -0.480 e. The number of rotatable bonds is 30. The molecule has 2 atom stereocenters. The van der Waals surface area contributed by atoms with Crippen LogP contribution in [0.25, 0.3) is 10.9 Å². The van der Waals surface area contributed by atoms with E-state index in [1.165, 1.54) is 33.6 Å². The molecule has 5 rings (SSSR count). The van der Waals surface area contributed by atoms with E-state index in [2.05, 4.69) is 45.8 Å². The molecule has 3 heterocycles. The average molecular weight is 1200 g/mol. The number of anilines is 1. The Kier molecular flexibility index (Phi) is 26.5. The summed E-state index contributed by atoms with van der Waals surface area (Å²) in [6, 6.07) is 4.73. The van der Waals surface area contributed by atoms with Crippen molar-refractivity contribution in [3.05, 3.63) is 87.0 Å². The number of hydrogen-bond donors (Lipinski definition) is 10. The summed E-state index contributed by atoms with van der Waals surface area (Å²) in [5.74, 6) is -5.03. The van der Waals surface area contributed by atoms with Crippen LogP contribution in [0.3, 0.4) is 0 Å². The number of aryl methyl sites for hydroxylation is 4. The molecule has 0 saturated carbocycles. The summed E-state index contributed by atoms with van der Waals surface area (Å²) < 4.78 is 66.2. The molecule has 4 aromatic rings. The Labute approximate surface area is 477 Å². The van der Waals surface area contributed by atoms with Crippen LogP contribution in [0.2, 0.25) is 0 Å². The van der Waals surface area contributed by atoms with Crippen LogP contribution in [0.1, 0.15) is 39.0 Å². The highest BCUT2D eigenvalue weighted by atomic mass is 32.3. The number of H-pyrrole nitrogens is 1. The fraction of sp³-hybridized carbons (Fsp3) is 0.549. The number of ether oxygens (including phenoxy) is 1. The standard InChI is InChI=1S/C51H78N12O17S2/c1-35-26-36(2)47(37(3)27-35)82(74,75)58-41(50(69)70)30-55-48(67)40-31-63(43-28-38(8-9-39(43)46(40)66)29-56-51-53-11-12-54-51)13-7-10-52-49(68)42(34-81(71,72)73)57-44(64)32-61-18-16-59(22-24-79-77-5)14-15-60(23-25-80-78-6)17-19-62(21-20-61)33-45(65)76-4/h8-9,11-12,26-28,31,41-42,58,71-73H,7,10,13-25,29-30,32-34H2,1-6H3,(H,52,68)(H,55,67)(H,57,64)(H,69,70)(H2,53,54,56)/t41-,42-/m0/s1. The highest BCUT2D eigenvalue weighted by Gasteiger charge is 2.31. The van der Waals surface area contributed by atoms with Crippen molar-refractivity contribution >= 4 is 67.4 Å². The molecule has 1 aliphatic rings. The number of nitrogens with one attached hydrogen (secondary N) is 6. The Balaban J connectivity index is 1.31. The van der Waals surface area contributed by atoms with Gasteiger partial charge in [0.1, 0.15) is 17.6 Å². The zero-order valence-corrected chi connectivity index (χ0v) is 48.6. The number of carboxylic acid groups (broad SMARTS) is 1. The Morgan fingerprint density at radius 3 is 1.93 bits per heavy atom. The molecule has 0 unspecified atom stereocenters. The summed E-state index contributed by atoms with van der Waals surface area (Å²) in [4.78, 5) is 115. The van der Waals surface area contributed by atoms with E-state index in [-0.39, 0.29) is 62.6 Å². The van der Waals surface area contributed by atoms with Crippen molar-refractivity contribution in [2.45, 2.75) is 57.3 Å². The first-order valence-electron chi connectivity index (χ1n) is 26.3. The lowest BCUT2D eigenvalue weighted by atomic mass is 10.1. The van der Waals surface area contributed by atoms with Crippen LogP contribution in [0.5, 0.6) is 0 Å². The highest BCUT2D eigenvalue weighted by molar-refractivity contribution is 8.19. The summed E-state index contributed by atoms with van der Waals surface area (Å²) in [5, 5.41) is 20.9. The summed E-state index contributed by atoms with van der Waals surface area (Å²) >= 11 is 0. The molecule has 31 heteroatoms. The third-order valence-corrected chi connectivity index (χ3v) is 15.9. The second kappa shape index (κ2) is 32.6. The molecule has 456 valence electrons. The number of nitrogens with zero attached hydrogens (tertiary/aromatic N) is 6. The summed E-state index contributed by atoms with van der Waals surface area (Å²) in [5.41, 5.74) is 1.56. The summed E-state index contributed by atoms with van der Waals surface area (Å²) in [6.45, 7) is 9.39. The third-order valence-electron chi connectivity index (χ3n) is 13.3. The van der Waals surface area contributed by atoms with Crippen LogP contribution in [0.15, 0.2) is 58.6 Å². The van der Waals surface area contributed by atoms with Gasteiger partial charge in [0, 0.05) is 116 Å². The molecule has 10 N–H and O–H groups in total. The SMILES string of the molecule is COOCCN1CCN(CCOOC)CCN(CC(=O)OC)CCN(CC(=O)N[C@@H](CS(O)(O)O)C(=O)NCCCn2cc(C(=O)NC[C@H](NS(=O)(=O)c3c(C)cc(C)cc3C)C(=O)O)c(=O)c3ccc(CNc4ncc[nH]4)cc32)CC1. The van der Waals surface area contributed by atoms with Crippen LogP contribution in [0, 0.1) is 20.8 Å². The zero-order valence-electron chi connectivity index (χ0n) is 47.0.